The molecule has 0 saturated carbocycles. The fraction of sp³-hybridized carbons (Fsp3) is 0.341. The highest BCUT2D eigenvalue weighted by Gasteiger charge is 2.34. The van der Waals surface area contributed by atoms with Gasteiger partial charge in [0.15, 0.2) is 11.2 Å². The van der Waals surface area contributed by atoms with E-state index >= 15 is 0 Å². The minimum atomic E-state index is -0.827. The molecule has 0 spiro atoms. The normalized spacial score (nSPS) is 12.0. The van der Waals surface area contributed by atoms with Crippen LogP contribution in [0.15, 0.2) is 96.1 Å². The number of benzene rings is 3. The van der Waals surface area contributed by atoms with Gasteiger partial charge < -0.3 is 9.64 Å². The molecule has 3 aromatic carbocycles. The highest BCUT2D eigenvalue weighted by Crippen LogP contribution is 2.30. The molecule has 0 aliphatic heterocycles. The molecule has 0 radical (unpaired) electrons. The Morgan fingerprint density at radius 2 is 1.53 bits per heavy atom. The van der Waals surface area contributed by atoms with Crippen molar-refractivity contribution in [2.75, 3.05) is 13.1 Å². The van der Waals surface area contributed by atoms with Gasteiger partial charge in [-0.3, -0.25) is 24.4 Å². The van der Waals surface area contributed by atoms with E-state index in [1.807, 2.05) is 82.3 Å². The molecular formula is C41H47N7O5. The summed E-state index contributed by atoms with van der Waals surface area (Å²) in [6.07, 6.45) is 2.45. The second-order valence-electron chi connectivity index (χ2n) is 14.4. The number of aryl methyl sites for hydroxylation is 2. The number of fused-ring (bicyclic) bond motifs is 1. The number of carbonyl (C=O) groups is 3. The van der Waals surface area contributed by atoms with Gasteiger partial charge >= 0.3 is 6.09 Å². The van der Waals surface area contributed by atoms with Gasteiger partial charge in [-0.2, -0.15) is 0 Å². The largest absolute Gasteiger partial charge is 0.442 e. The number of aromatic nitrogens is 4. The summed E-state index contributed by atoms with van der Waals surface area (Å²) in [7, 11) is 0. The van der Waals surface area contributed by atoms with Crippen LogP contribution < -0.4 is 11.0 Å². The molecule has 276 valence electrons. The molecule has 0 aliphatic rings. The van der Waals surface area contributed by atoms with E-state index in [0.717, 1.165) is 21.7 Å². The maximum absolute atomic E-state index is 14.6. The Bertz CT molecular complexity index is 2130. The third-order valence-corrected chi connectivity index (χ3v) is 8.62. The van der Waals surface area contributed by atoms with Crippen LogP contribution in [-0.4, -0.2) is 66.0 Å². The third-order valence-electron chi connectivity index (χ3n) is 8.62. The standard InChI is InChI=1S/C41H47N7O5/c1-27(2)34(36-44-35-33(42-22-23-43-35)39(51)47(36)26-30-15-9-8-10-16-30)46(38(50)31-20-18-28(3)19-21-31)24-13-25-48(40(52)53-41(5,6)7)45-37(49)32-17-12-11-14-29(32)4/h8-12,14-23,27,34H,13,24-26H2,1-7H3,(H,45,49). The van der Waals surface area contributed by atoms with Gasteiger partial charge in [-0.25, -0.2) is 24.8 Å². The van der Waals surface area contributed by atoms with Crippen molar-refractivity contribution in [3.8, 4) is 0 Å². The third kappa shape index (κ3) is 9.50. The minimum Gasteiger partial charge on any atom is -0.442 e. The van der Waals surface area contributed by atoms with Gasteiger partial charge in [0.05, 0.1) is 12.6 Å². The molecule has 2 heterocycles. The maximum atomic E-state index is 14.6. The average molecular weight is 718 g/mol. The molecule has 1 atom stereocenters. The van der Waals surface area contributed by atoms with Gasteiger partial charge in [0, 0.05) is 36.6 Å². The zero-order valence-electron chi connectivity index (χ0n) is 31.4. The first-order chi connectivity index (χ1) is 25.2. The molecule has 0 fully saturated rings. The van der Waals surface area contributed by atoms with Crippen LogP contribution in [0.3, 0.4) is 0 Å². The van der Waals surface area contributed by atoms with Crippen LogP contribution in [0.1, 0.15) is 90.3 Å². The highest BCUT2D eigenvalue weighted by atomic mass is 16.6. The number of nitrogens with zero attached hydrogens (tertiary/aromatic N) is 6. The molecule has 0 bridgehead atoms. The Morgan fingerprint density at radius 3 is 2.19 bits per heavy atom. The quantitative estimate of drug-likeness (QED) is 0.150. The number of hydrogen-bond donors (Lipinski definition) is 1. The number of rotatable bonds is 11. The van der Waals surface area contributed by atoms with Crippen molar-refractivity contribution < 1.29 is 19.1 Å². The van der Waals surface area contributed by atoms with Crippen molar-refractivity contribution >= 4 is 29.1 Å². The molecule has 1 unspecified atom stereocenters. The fourth-order valence-electron chi connectivity index (χ4n) is 6.05. The van der Waals surface area contributed by atoms with Crippen LogP contribution >= 0.6 is 0 Å². The molecule has 5 rings (SSSR count). The zero-order valence-corrected chi connectivity index (χ0v) is 31.4. The predicted molar refractivity (Wildman–Crippen MR) is 203 cm³/mol. The van der Waals surface area contributed by atoms with Crippen LogP contribution in [0.25, 0.3) is 11.2 Å². The smallest absolute Gasteiger partial charge is 0.429 e. The van der Waals surface area contributed by atoms with Gasteiger partial charge in [0.25, 0.3) is 17.4 Å². The molecular weight excluding hydrogens is 670 g/mol. The van der Waals surface area contributed by atoms with E-state index in [2.05, 4.69) is 15.4 Å². The molecule has 2 aromatic heterocycles. The van der Waals surface area contributed by atoms with Crippen molar-refractivity contribution in [1.29, 1.82) is 0 Å². The Kier molecular flexibility index (Phi) is 12.0. The summed E-state index contributed by atoms with van der Waals surface area (Å²) in [6, 6.07) is 23.2. The molecule has 5 aromatic rings. The van der Waals surface area contributed by atoms with Gasteiger partial charge in [-0.05, 0) is 76.3 Å². The van der Waals surface area contributed by atoms with Crippen molar-refractivity contribution in [3.05, 3.63) is 135 Å². The molecule has 0 saturated heterocycles. The lowest BCUT2D eigenvalue weighted by Crippen LogP contribution is -2.50. The molecule has 12 heteroatoms. The predicted octanol–water partition coefficient (Wildman–Crippen LogP) is 6.66. The number of nitrogens with one attached hydrogen (secondary N) is 1. The lowest BCUT2D eigenvalue weighted by Gasteiger charge is -2.36. The lowest BCUT2D eigenvalue weighted by atomic mass is 9.99. The topological polar surface area (TPSA) is 140 Å². The Hall–Kier alpha value is -5.91. The summed E-state index contributed by atoms with van der Waals surface area (Å²) in [5, 5.41) is 1.15. The summed E-state index contributed by atoms with van der Waals surface area (Å²) >= 11 is 0. The van der Waals surface area contributed by atoms with E-state index in [-0.39, 0.29) is 54.6 Å². The van der Waals surface area contributed by atoms with Gasteiger partial charge in [-0.15, -0.1) is 0 Å². The van der Waals surface area contributed by atoms with E-state index in [4.69, 9.17) is 9.72 Å². The van der Waals surface area contributed by atoms with E-state index in [9.17, 15) is 19.2 Å². The van der Waals surface area contributed by atoms with Gasteiger partial charge in [0.2, 0.25) is 0 Å². The molecule has 3 amide bonds. The van der Waals surface area contributed by atoms with Crippen LogP contribution in [0.4, 0.5) is 4.79 Å². The first-order valence-electron chi connectivity index (χ1n) is 17.7. The SMILES string of the molecule is Cc1ccc(C(=O)N(CCCN(NC(=O)c2ccccc2C)C(=O)OC(C)(C)C)C(c2nc3nccnc3c(=O)n2Cc2ccccc2)C(C)C)cc1. The summed E-state index contributed by atoms with van der Waals surface area (Å²) in [5.41, 5.74) is 5.33. The number of amides is 3. The molecule has 1 N–H and O–H groups in total. The van der Waals surface area contributed by atoms with E-state index < -0.39 is 23.6 Å². The highest BCUT2D eigenvalue weighted by molar-refractivity contribution is 5.96. The lowest BCUT2D eigenvalue weighted by molar-refractivity contribution is 0.0120. The number of hydrogen-bond acceptors (Lipinski definition) is 8. The zero-order chi connectivity index (χ0) is 38.3. The summed E-state index contributed by atoms with van der Waals surface area (Å²) in [4.78, 5) is 70.9. The molecule has 53 heavy (non-hydrogen) atoms. The second-order valence-corrected chi connectivity index (χ2v) is 14.4. The number of hydrazine groups is 1. The molecule has 0 aliphatic carbocycles. The van der Waals surface area contributed by atoms with Crippen molar-refractivity contribution in [2.24, 2.45) is 5.92 Å². The Balaban J connectivity index is 1.56. The number of carbonyl (C=O) groups excluding carboxylic acids is 3. The number of ether oxygens (including phenoxy) is 1. The first kappa shape index (κ1) is 38.3. The first-order valence-corrected chi connectivity index (χ1v) is 17.7. The van der Waals surface area contributed by atoms with E-state index in [1.54, 1.807) is 54.5 Å². The van der Waals surface area contributed by atoms with Crippen LogP contribution in [0, 0.1) is 19.8 Å². The van der Waals surface area contributed by atoms with E-state index in [0.29, 0.717) is 17.0 Å². The van der Waals surface area contributed by atoms with E-state index in [1.165, 1.54) is 12.4 Å². The van der Waals surface area contributed by atoms with Crippen molar-refractivity contribution in [1.82, 2.24) is 34.9 Å². The average Bonchev–Trinajstić information content (AvgIpc) is 3.12. The van der Waals surface area contributed by atoms with Crippen LogP contribution in [0.2, 0.25) is 0 Å². The van der Waals surface area contributed by atoms with Crippen LogP contribution in [0.5, 0.6) is 0 Å². The maximum Gasteiger partial charge on any atom is 0.429 e. The minimum absolute atomic E-state index is 0.0163. The second kappa shape index (κ2) is 16.6. The van der Waals surface area contributed by atoms with Crippen molar-refractivity contribution in [3.63, 3.8) is 0 Å². The summed E-state index contributed by atoms with van der Waals surface area (Å²) < 4.78 is 7.24. The Morgan fingerprint density at radius 1 is 0.868 bits per heavy atom. The monoisotopic (exact) mass is 717 g/mol. The summed E-state index contributed by atoms with van der Waals surface area (Å²) in [6.45, 7) is 13.3. The van der Waals surface area contributed by atoms with Gasteiger partial charge in [0.1, 0.15) is 11.4 Å². The van der Waals surface area contributed by atoms with Crippen LogP contribution in [-0.2, 0) is 11.3 Å². The summed E-state index contributed by atoms with van der Waals surface area (Å²) in [5.74, 6) is -0.612. The molecule has 12 nitrogen and oxygen atoms in total. The Labute approximate surface area is 309 Å². The van der Waals surface area contributed by atoms with Crippen molar-refractivity contribution in [2.45, 2.75) is 73.1 Å². The fourth-order valence-corrected chi connectivity index (χ4v) is 6.05. The van der Waals surface area contributed by atoms with Gasteiger partial charge in [-0.1, -0.05) is 80.1 Å².